The summed E-state index contributed by atoms with van der Waals surface area (Å²) in [6.45, 7) is 7.57. The van der Waals surface area contributed by atoms with Crippen LogP contribution in [0.1, 0.15) is 20.3 Å². The Morgan fingerprint density at radius 2 is 2.05 bits per heavy atom. The maximum Gasteiger partial charge on any atom is 0.273 e. The third-order valence-corrected chi connectivity index (χ3v) is 3.41. The average molecular weight is 331 g/mol. The van der Waals surface area contributed by atoms with Crippen LogP contribution in [0.5, 0.6) is 5.75 Å². The van der Waals surface area contributed by atoms with Crippen LogP contribution in [0.15, 0.2) is 24.3 Å². The van der Waals surface area contributed by atoms with Gasteiger partial charge in [0.2, 0.25) is 0 Å². The van der Waals surface area contributed by atoms with Crippen LogP contribution in [0.3, 0.4) is 0 Å². The van der Waals surface area contributed by atoms with Crippen molar-refractivity contribution in [1.82, 2.24) is 4.90 Å². The summed E-state index contributed by atoms with van der Waals surface area (Å²) in [5.74, 6) is 0.549. The highest BCUT2D eigenvalue weighted by Gasteiger charge is 2.21. The molecule has 2 atom stereocenters. The fraction of sp³-hybridized carbons (Fsp3) is 0.600. The van der Waals surface area contributed by atoms with Crippen LogP contribution >= 0.6 is 12.4 Å². The first kappa shape index (κ1) is 18.7. The molecule has 1 aromatic carbocycles. The van der Waals surface area contributed by atoms with Crippen molar-refractivity contribution in [2.45, 2.75) is 32.5 Å². The Morgan fingerprint density at radius 3 is 2.68 bits per heavy atom. The van der Waals surface area contributed by atoms with Crippen LogP contribution in [0.25, 0.3) is 0 Å². The lowest BCUT2D eigenvalue weighted by atomic mass is 10.2. The van der Waals surface area contributed by atoms with Crippen LogP contribution in [-0.2, 0) is 4.74 Å². The van der Waals surface area contributed by atoms with Gasteiger partial charge in [0.25, 0.3) is 5.69 Å². The minimum atomic E-state index is -0.413. The molecule has 0 saturated carbocycles. The topological polar surface area (TPSA) is 64.8 Å². The molecule has 1 aromatic rings. The van der Waals surface area contributed by atoms with Crippen LogP contribution in [-0.4, -0.2) is 48.3 Å². The summed E-state index contributed by atoms with van der Waals surface area (Å²) in [4.78, 5) is 12.6. The van der Waals surface area contributed by atoms with Gasteiger partial charge in [-0.05, 0) is 26.3 Å². The molecule has 0 bridgehead atoms. The zero-order chi connectivity index (χ0) is 15.2. The van der Waals surface area contributed by atoms with E-state index in [-0.39, 0.29) is 30.3 Å². The monoisotopic (exact) mass is 330 g/mol. The van der Waals surface area contributed by atoms with Gasteiger partial charge in [-0.3, -0.25) is 15.0 Å². The molecule has 0 radical (unpaired) electrons. The molecule has 1 fully saturated rings. The van der Waals surface area contributed by atoms with E-state index in [0.717, 1.165) is 26.1 Å². The van der Waals surface area contributed by atoms with Crippen LogP contribution in [0.2, 0.25) is 0 Å². The molecular weight excluding hydrogens is 308 g/mol. The Balaban J connectivity index is 0.00000242. The quantitative estimate of drug-likeness (QED) is 0.456. The number of rotatable bonds is 6. The number of nitro benzene ring substituents is 1. The van der Waals surface area contributed by atoms with E-state index in [2.05, 4.69) is 18.7 Å². The van der Waals surface area contributed by atoms with Gasteiger partial charge in [0, 0.05) is 25.7 Å². The van der Waals surface area contributed by atoms with Gasteiger partial charge in [-0.15, -0.1) is 12.4 Å². The largest absolute Gasteiger partial charge is 0.493 e. The number of ether oxygens (including phenoxy) is 2. The molecule has 1 saturated heterocycles. The Hall–Kier alpha value is -1.37. The second-order valence-electron chi connectivity index (χ2n) is 5.47. The average Bonchev–Trinajstić information content (AvgIpc) is 2.43. The lowest BCUT2D eigenvalue weighted by Gasteiger charge is -2.35. The highest BCUT2D eigenvalue weighted by molar-refractivity contribution is 5.85. The fourth-order valence-corrected chi connectivity index (χ4v) is 2.63. The van der Waals surface area contributed by atoms with Gasteiger partial charge in [0.15, 0.2) is 0 Å². The van der Waals surface area contributed by atoms with E-state index in [1.807, 2.05) is 0 Å². The molecule has 1 aliphatic rings. The molecule has 6 nitrogen and oxygen atoms in total. The summed E-state index contributed by atoms with van der Waals surface area (Å²) in [7, 11) is 0. The summed E-state index contributed by atoms with van der Waals surface area (Å²) in [6, 6.07) is 6.30. The third kappa shape index (κ3) is 5.79. The van der Waals surface area contributed by atoms with Crippen molar-refractivity contribution in [3.8, 4) is 5.75 Å². The van der Waals surface area contributed by atoms with E-state index in [1.54, 1.807) is 12.1 Å². The standard InChI is InChI=1S/C15H22N2O4.ClH/c1-12-10-16(11-13(2)21-12)7-4-8-20-15-6-3-5-14(9-15)17(18)19;/h3,5-6,9,12-13H,4,7-8,10-11H2,1-2H3;1H. The molecule has 22 heavy (non-hydrogen) atoms. The maximum absolute atomic E-state index is 10.7. The van der Waals surface area contributed by atoms with Crippen LogP contribution in [0, 0.1) is 10.1 Å². The van der Waals surface area contributed by atoms with Crippen molar-refractivity contribution in [2.24, 2.45) is 0 Å². The first-order valence-electron chi connectivity index (χ1n) is 7.29. The predicted molar refractivity (Wildman–Crippen MR) is 86.9 cm³/mol. The van der Waals surface area contributed by atoms with E-state index in [0.29, 0.717) is 12.4 Å². The number of halogens is 1. The molecule has 0 aliphatic carbocycles. The number of nitro groups is 1. The van der Waals surface area contributed by atoms with E-state index in [9.17, 15) is 10.1 Å². The number of non-ortho nitro benzene ring substituents is 1. The SMILES string of the molecule is CC1CN(CCCOc2cccc([N+](=O)[O-])c2)CC(C)O1.Cl. The van der Waals surface area contributed by atoms with Crippen molar-refractivity contribution in [1.29, 1.82) is 0 Å². The van der Waals surface area contributed by atoms with Gasteiger partial charge in [-0.1, -0.05) is 6.07 Å². The highest BCUT2D eigenvalue weighted by atomic mass is 35.5. The summed E-state index contributed by atoms with van der Waals surface area (Å²) in [5, 5.41) is 10.7. The number of hydrogen-bond donors (Lipinski definition) is 0. The lowest BCUT2D eigenvalue weighted by Crippen LogP contribution is -2.45. The van der Waals surface area contributed by atoms with Crippen LogP contribution < -0.4 is 4.74 Å². The second-order valence-corrected chi connectivity index (χ2v) is 5.47. The van der Waals surface area contributed by atoms with Gasteiger partial charge in [-0.25, -0.2) is 0 Å². The zero-order valence-corrected chi connectivity index (χ0v) is 13.8. The first-order valence-corrected chi connectivity index (χ1v) is 7.29. The summed E-state index contributed by atoms with van der Waals surface area (Å²) >= 11 is 0. The molecule has 0 N–H and O–H groups in total. The minimum absolute atomic E-state index is 0. The number of morpholine rings is 1. The van der Waals surface area contributed by atoms with E-state index in [4.69, 9.17) is 9.47 Å². The number of benzene rings is 1. The van der Waals surface area contributed by atoms with Gasteiger partial charge >= 0.3 is 0 Å². The Kier molecular flexibility index (Phi) is 7.58. The van der Waals surface area contributed by atoms with Gasteiger partial charge in [0.1, 0.15) is 5.75 Å². The molecule has 1 aliphatic heterocycles. The molecule has 1 heterocycles. The van der Waals surface area contributed by atoms with E-state index < -0.39 is 4.92 Å². The molecule has 0 aromatic heterocycles. The van der Waals surface area contributed by atoms with Crippen molar-refractivity contribution in [3.63, 3.8) is 0 Å². The smallest absolute Gasteiger partial charge is 0.273 e. The fourth-order valence-electron chi connectivity index (χ4n) is 2.63. The van der Waals surface area contributed by atoms with Gasteiger partial charge in [-0.2, -0.15) is 0 Å². The second kappa shape index (κ2) is 8.92. The molecular formula is C15H23ClN2O4. The molecule has 124 valence electrons. The normalized spacial score (nSPS) is 21.9. The Morgan fingerprint density at radius 1 is 1.36 bits per heavy atom. The molecule has 7 heteroatoms. The third-order valence-electron chi connectivity index (χ3n) is 3.41. The summed E-state index contributed by atoms with van der Waals surface area (Å²) < 4.78 is 11.3. The van der Waals surface area contributed by atoms with E-state index in [1.165, 1.54) is 12.1 Å². The van der Waals surface area contributed by atoms with Crippen molar-refractivity contribution in [3.05, 3.63) is 34.4 Å². The minimum Gasteiger partial charge on any atom is -0.493 e. The predicted octanol–water partition coefficient (Wildman–Crippen LogP) is 2.89. The van der Waals surface area contributed by atoms with Crippen LogP contribution in [0.4, 0.5) is 5.69 Å². The highest BCUT2D eigenvalue weighted by Crippen LogP contribution is 2.19. The van der Waals surface area contributed by atoms with Gasteiger partial charge in [0.05, 0.1) is 29.8 Å². The molecule has 0 spiro atoms. The molecule has 2 unspecified atom stereocenters. The first-order chi connectivity index (χ1) is 10.0. The molecule has 0 amide bonds. The molecule has 2 rings (SSSR count). The number of nitrogens with zero attached hydrogens (tertiary/aromatic N) is 2. The summed E-state index contributed by atoms with van der Waals surface area (Å²) in [6.07, 6.45) is 1.43. The summed E-state index contributed by atoms with van der Waals surface area (Å²) in [5.41, 5.74) is 0.0586. The number of hydrogen-bond acceptors (Lipinski definition) is 5. The van der Waals surface area contributed by atoms with Gasteiger partial charge < -0.3 is 9.47 Å². The Bertz CT molecular complexity index is 476. The zero-order valence-electron chi connectivity index (χ0n) is 12.9. The maximum atomic E-state index is 10.7. The Labute approximate surface area is 137 Å². The van der Waals surface area contributed by atoms with E-state index >= 15 is 0 Å². The van der Waals surface area contributed by atoms with Crippen molar-refractivity contribution >= 4 is 18.1 Å². The van der Waals surface area contributed by atoms with Crippen molar-refractivity contribution < 1.29 is 14.4 Å². The van der Waals surface area contributed by atoms with Crippen molar-refractivity contribution in [2.75, 3.05) is 26.2 Å². The lowest BCUT2D eigenvalue weighted by molar-refractivity contribution is -0.384.